The van der Waals surface area contributed by atoms with Gasteiger partial charge < -0.3 is 10.1 Å². The monoisotopic (exact) mass is 515 g/mol. The van der Waals surface area contributed by atoms with Gasteiger partial charge in [0.1, 0.15) is 12.2 Å². The number of nitro groups is 1. The summed E-state index contributed by atoms with van der Waals surface area (Å²) in [7, 11) is 0. The van der Waals surface area contributed by atoms with E-state index < -0.39 is 22.3 Å². The van der Waals surface area contributed by atoms with Gasteiger partial charge >= 0.3 is 5.97 Å². The average molecular weight is 516 g/mol. The lowest BCUT2D eigenvalue weighted by atomic mass is 9.94. The van der Waals surface area contributed by atoms with E-state index in [0.29, 0.717) is 12.3 Å². The van der Waals surface area contributed by atoms with Crippen LogP contribution in [-0.4, -0.2) is 37.8 Å². The van der Waals surface area contributed by atoms with E-state index in [2.05, 4.69) is 29.5 Å². The first-order chi connectivity index (χ1) is 17.4. The molecule has 0 radical (unpaired) electrons. The van der Waals surface area contributed by atoms with Gasteiger partial charge in [0.25, 0.3) is 11.6 Å². The normalized spacial score (nSPS) is 13.3. The summed E-state index contributed by atoms with van der Waals surface area (Å²) in [6.45, 7) is 13.3. The van der Waals surface area contributed by atoms with Crippen LogP contribution in [0.1, 0.15) is 95.8 Å². The maximum absolute atomic E-state index is 13.1. The first-order valence-corrected chi connectivity index (χ1v) is 13.0. The van der Waals surface area contributed by atoms with Gasteiger partial charge in [-0.3, -0.25) is 19.7 Å². The first kappa shape index (κ1) is 29.9. The minimum absolute atomic E-state index is 0.0719. The Hall–Kier alpha value is -3.30. The van der Waals surface area contributed by atoms with E-state index in [4.69, 9.17) is 4.74 Å². The van der Waals surface area contributed by atoms with Crippen LogP contribution in [-0.2, 0) is 28.1 Å². The van der Waals surface area contributed by atoms with Crippen molar-refractivity contribution in [1.82, 2.24) is 20.3 Å². The number of rotatable bonds is 14. The fourth-order valence-corrected chi connectivity index (χ4v) is 4.46. The highest BCUT2D eigenvalue weighted by Crippen LogP contribution is 2.27. The van der Waals surface area contributed by atoms with Crippen LogP contribution in [0.15, 0.2) is 24.4 Å². The second-order valence-electron chi connectivity index (χ2n) is 10.6. The zero-order valence-corrected chi connectivity index (χ0v) is 23.1. The molecule has 10 nitrogen and oxygen atoms in total. The summed E-state index contributed by atoms with van der Waals surface area (Å²) in [5.41, 5.74) is 0.251. The first-order valence-electron chi connectivity index (χ1n) is 13.0. The van der Waals surface area contributed by atoms with Crippen LogP contribution in [0.25, 0.3) is 0 Å². The fraction of sp³-hybridized carbons (Fsp3) is 0.630. The van der Waals surface area contributed by atoms with Gasteiger partial charge in [0, 0.05) is 12.2 Å². The SMILES string of the molecule is CCCC(CC)Cc1cn(C(C)(C)CC(C)NC(=O)c2cccc(COC(=O)C(C)C)c2[N+](=O)[O-])nn1. The quantitative estimate of drug-likeness (QED) is 0.208. The molecule has 0 bridgehead atoms. The largest absolute Gasteiger partial charge is 0.460 e. The Kier molecular flexibility index (Phi) is 10.8. The minimum atomic E-state index is -0.610. The van der Waals surface area contributed by atoms with Crippen LogP contribution in [0.5, 0.6) is 0 Å². The van der Waals surface area contributed by atoms with Gasteiger partial charge in [0.05, 0.1) is 27.6 Å². The zero-order valence-electron chi connectivity index (χ0n) is 23.1. The second-order valence-corrected chi connectivity index (χ2v) is 10.6. The number of benzene rings is 1. The highest BCUT2D eigenvalue weighted by molar-refractivity contribution is 5.98. The number of esters is 1. The molecule has 2 rings (SSSR count). The van der Waals surface area contributed by atoms with Gasteiger partial charge in [0.15, 0.2) is 0 Å². The van der Waals surface area contributed by atoms with Gasteiger partial charge in [-0.1, -0.05) is 58.2 Å². The molecular weight excluding hydrogens is 474 g/mol. The molecule has 0 saturated heterocycles. The predicted octanol–water partition coefficient (Wildman–Crippen LogP) is 5.20. The number of nitrogens with zero attached hydrogens (tertiary/aromatic N) is 4. The van der Waals surface area contributed by atoms with Gasteiger partial charge in [-0.15, -0.1) is 5.10 Å². The van der Waals surface area contributed by atoms with Crippen molar-refractivity contribution < 1.29 is 19.2 Å². The molecule has 2 aromatic rings. The number of hydrogen-bond donors (Lipinski definition) is 1. The van der Waals surface area contributed by atoms with Gasteiger partial charge in [0.2, 0.25) is 0 Å². The Bertz CT molecular complexity index is 1080. The Morgan fingerprint density at radius 1 is 1.22 bits per heavy atom. The van der Waals surface area contributed by atoms with E-state index in [1.54, 1.807) is 19.9 Å². The maximum atomic E-state index is 13.1. The molecule has 0 spiro atoms. The van der Waals surface area contributed by atoms with Crippen LogP contribution in [0.4, 0.5) is 5.69 Å². The summed E-state index contributed by atoms with van der Waals surface area (Å²) in [5.74, 6) is -0.805. The highest BCUT2D eigenvalue weighted by atomic mass is 16.6. The lowest BCUT2D eigenvalue weighted by Gasteiger charge is -2.28. The molecule has 204 valence electrons. The topological polar surface area (TPSA) is 129 Å². The molecule has 0 saturated carbocycles. The number of ether oxygens (including phenoxy) is 1. The van der Waals surface area contributed by atoms with E-state index in [9.17, 15) is 19.7 Å². The molecule has 1 heterocycles. The van der Waals surface area contributed by atoms with Crippen molar-refractivity contribution in [2.75, 3.05) is 0 Å². The van der Waals surface area contributed by atoms with Crippen LogP contribution < -0.4 is 5.32 Å². The van der Waals surface area contributed by atoms with Crippen LogP contribution in [0, 0.1) is 22.0 Å². The third-order valence-corrected chi connectivity index (χ3v) is 6.50. The number of carbonyl (C=O) groups excluding carboxylic acids is 2. The van der Waals surface area contributed by atoms with E-state index in [1.807, 2.05) is 31.6 Å². The molecule has 1 aromatic carbocycles. The smallest absolute Gasteiger partial charge is 0.308 e. The van der Waals surface area contributed by atoms with Gasteiger partial charge in [-0.25, -0.2) is 4.68 Å². The lowest BCUT2D eigenvalue weighted by molar-refractivity contribution is -0.386. The summed E-state index contributed by atoms with van der Waals surface area (Å²) < 4.78 is 7.00. The Balaban J connectivity index is 2.12. The third kappa shape index (κ3) is 8.36. The second kappa shape index (κ2) is 13.3. The molecule has 0 aliphatic heterocycles. The predicted molar refractivity (Wildman–Crippen MR) is 141 cm³/mol. The number of hydrogen-bond acceptors (Lipinski definition) is 7. The molecule has 2 atom stereocenters. The van der Waals surface area contributed by atoms with Crippen LogP contribution in [0.2, 0.25) is 0 Å². The minimum Gasteiger partial charge on any atom is -0.460 e. The summed E-state index contributed by atoms with van der Waals surface area (Å²) in [6.07, 6.45) is 6.79. The molecule has 2 unspecified atom stereocenters. The van der Waals surface area contributed by atoms with Gasteiger partial charge in [-0.2, -0.15) is 0 Å². The molecule has 37 heavy (non-hydrogen) atoms. The van der Waals surface area contributed by atoms with Crippen LogP contribution in [0.3, 0.4) is 0 Å². The summed E-state index contributed by atoms with van der Waals surface area (Å²) in [5, 5.41) is 23.4. The van der Waals surface area contributed by atoms with Crippen molar-refractivity contribution in [1.29, 1.82) is 0 Å². The van der Waals surface area contributed by atoms with E-state index >= 15 is 0 Å². The maximum Gasteiger partial charge on any atom is 0.308 e. The molecule has 0 aliphatic carbocycles. The summed E-state index contributed by atoms with van der Waals surface area (Å²) >= 11 is 0. The van der Waals surface area contributed by atoms with Crippen molar-refractivity contribution >= 4 is 17.6 Å². The number of aromatic nitrogens is 3. The number of nitro benzene ring substituents is 1. The number of para-hydroxylation sites is 1. The Morgan fingerprint density at radius 2 is 1.92 bits per heavy atom. The molecular formula is C27H41N5O5. The number of carbonyl (C=O) groups is 2. The Labute approximate surface area is 219 Å². The zero-order chi connectivity index (χ0) is 27.8. The van der Waals surface area contributed by atoms with E-state index in [-0.39, 0.29) is 35.4 Å². The van der Waals surface area contributed by atoms with Crippen molar-refractivity contribution in [3.63, 3.8) is 0 Å². The van der Waals surface area contributed by atoms with Crippen molar-refractivity contribution in [2.45, 2.75) is 98.8 Å². The lowest BCUT2D eigenvalue weighted by Crippen LogP contribution is -2.40. The molecule has 0 aliphatic rings. The number of nitrogens with one attached hydrogen (secondary N) is 1. The standard InChI is InChI=1S/C27H41N5O5/c1-8-11-20(9-2)14-22-16-31(30-29-22)27(6,7)15-19(5)28-25(33)23-13-10-12-21(24(23)32(35)36)17-37-26(34)18(3)4/h10,12-13,16,18-20H,8-9,11,14-15,17H2,1-7H3,(H,28,33). The third-order valence-electron chi connectivity index (χ3n) is 6.50. The van der Waals surface area contributed by atoms with Crippen molar-refractivity contribution in [2.24, 2.45) is 11.8 Å². The Morgan fingerprint density at radius 3 is 2.51 bits per heavy atom. The molecule has 1 aromatic heterocycles. The van der Waals surface area contributed by atoms with Crippen molar-refractivity contribution in [3.05, 3.63) is 51.3 Å². The number of amides is 1. The molecule has 0 fully saturated rings. The molecule has 10 heteroatoms. The fourth-order valence-electron chi connectivity index (χ4n) is 4.46. The van der Waals surface area contributed by atoms with Crippen molar-refractivity contribution in [3.8, 4) is 0 Å². The summed E-state index contributed by atoms with van der Waals surface area (Å²) in [4.78, 5) is 36.1. The molecule has 1 amide bonds. The highest BCUT2D eigenvalue weighted by Gasteiger charge is 2.29. The van der Waals surface area contributed by atoms with E-state index in [0.717, 1.165) is 31.4 Å². The average Bonchev–Trinajstić information content (AvgIpc) is 3.30. The van der Waals surface area contributed by atoms with E-state index in [1.165, 1.54) is 12.1 Å². The molecule has 1 N–H and O–H groups in total. The van der Waals surface area contributed by atoms with Crippen LogP contribution >= 0.6 is 0 Å². The van der Waals surface area contributed by atoms with Gasteiger partial charge in [-0.05, 0) is 51.7 Å². The summed E-state index contributed by atoms with van der Waals surface area (Å²) in [6, 6.07) is 4.14.